The Morgan fingerprint density at radius 2 is 2.16 bits per heavy atom. The quantitative estimate of drug-likeness (QED) is 0.600. The molecule has 0 spiro atoms. The number of aliphatic carboxylic acids is 1. The summed E-state index contributed by atoms with van der Waals surface area (Å²) in [4.78, 5) is 24.3. The highest BCUT2D eigenvalue weighted by Gasteiger charge is 2.24. The van der Waals surface area contributed by atoms with Gasteiger partial charge in [0.05, 0.1) is 0 Å². The Balaban J connectivity index is 2.22. The van der Waals surface area contributed by atoms with Crippen molar-refractivity contribution >= 4 is 12.0 Å². The van der Waals surface area contributed by atoms with Crippen molar-refractivity contribution in [1.82, 2.24) is 15.5 Å². The largest absolute Gasteiger partial charge is 0.481 e. The van der Waals surface area contributed by atoms with Crippen molar-refractivity contribution in [3.63, 3.8) is 0 Å². The molecule has 1 fully saturated rings. The summed E-state index contributed by atoms with van der Waals surface area (Å²) in [6, 6.07) is -0.0633. The molecule has 110 valence electrons. The van der Waals surface area contributed by atoms with Crippen LogP contribution in [0.3, 0.4) is 0 Å². The van der Waals surface area contributed by atoms with Crippen LogP contribution >= 0.6 is 0 Å². The van der Waals surface area contributed by atoms with Gasteiger partial charge in [-0.25, -0.2) is 4.79 Å². The molecule has 1 unspecified atom stereocenters. The summed E-state index contributed by atoms with van der Waals surface area (Å²) in [5.74, 6) is -0.684. The Bertz CT molecular complexity index is 297. The van der Waals surface area contributed by atoms with Crippen molar-refractivity contribution in [2.24, 2.45) is 5.92 Å². The number of urea groups is 1. The zero-order valence-electron chi connectivity index (χ0n) is 11.7. The van der Waals surface area contributed by atoms with Crippen LogP contribution in [0.4, 0.5) is 4.79 Å². The van der Waals surface area contributed by atoms with Gasteiger partial charge in [0.2, 0.25) is 0 Å². The molecule has 1 heterocycles. The molecule has 1 rings (SSSR count). The number of carboxylic acid groups (broad SMARTS) is 1. The van der Waals surface area contributed by atoms with Crippen molar-refractivity contribution in [2.75, 3.05) is 32.7 Å². The number of amides is 2. The maximum atomic E-state index is 11.9. The van der Waals surface area contributed by atoms with Crippen molar-refractivity contribution in [3.05, 3.63) is 0 Å². The molecule has 1 aliphatic rings. The fourth-order valence-electron chi connectivity index (χ4n) is 2.36. The van der Waals surface area contributed by atoms with E-state index in [1.165, 1.54) is 0 Å². The summed E-state index contributed by atoms with van der Waals surface area (Å²) in [5.41, 5.74) is 0. The minimum atomic E-state index is -0.780. The molecule has 6 heteroatoms. The van der Waals surface area contributed by atoms with Gasteiger partial charge in [-0.15, -0.1) is 0 Å². The zero-order chi connectivity index (χ0) is 14.1. The summed E-state index contributed by atoms with van der Waals surface area (Å²) >= 11 is 0. The first-order valence-corrected chi connectivity index (χ1v) is 7.08. The van der Waals surface area contributed by atoms with E-state index in [0.29, 0.717) is 13.1 Å². The highest BCUT2D eigenvalue weighted by Crippen LogP contribution is 2.19. The van der Waals surface area contributed by atoms with E-state index in [2.05, 4.69) is 17.6 Å². The van der Waals surface area contributed by atoms with E-state index >= 15 is 0 Å². The Kier molecular flexibility index (Phi) is 7.25. The van der Waals surface area contributed by atoms with Gasteiger partial charge in [-0.2, -0.15) is 0 Å². The maximum Gasteiger partial charge on any atom is 0.317 e. The van der Waals surface area contributed by atoms with Crippen LogP contribution in [-0.2, 0) is 4.79 Å². The number of carbonyl (C=O) groups is 2. The van der Waals surface area contributed by atoms with Gasteiger partial charge in [-0.05, 0) is 38.3 Å². The van der Waals surface area contributed by atoms with E-state index in [1.54, 1.807) is 4.90 Å². The van der Waals surface area contributed by atoms with Crippen LogP contribution < -0.4 is 10.6 Å². The number of carbonyl (C=O) groups excluding carboxylic acids is 1. The lowest BCUT2D eigenvalue weighted by atomic mass is 9.95. The number of nitrogens with zero attached hydrogens (tertiary/aromatic N) is 1. The van der Waals surface area contributed by atoms with Gasteiger partial charge in [-0.1, -0.05) is 6.92 Å². The normalized spacial score (nSPS) is 19.2. The third kappa shape index (κ3) is 6.42. The summed E-state index contributed by atoms with van der Waals surface area (Å²) < 4.78 is 0. The average molecular weight is 271 g/mol. The van der Waals surface area contributed by atoms with Crippen molar-refractivity contribution in [2.45, 2.75) is 32.6 Å². The van der Waals surface area contributed by atoms with Crippen LogP contribution in [0.5, 0.6) is 0 Å². The fourth-order valence-corrected chi connectivity index (χ4v) is 2.36. The molecule has 1 saturated heterocycles. The van der Waals surface area contributed by atoms with Gasteiger partial charge in [0.25, 0.3) is 0 Å². The molecule has 0 aromatic carbocycles. The minimum absolute atomic E-state index is 0.0633. The molecule has 19 heavy (non-hydrogen) atoms. The SMILES string of the molecule is CCNCCCNC(=O)N1CCCC(CC(=O)O)C1. The second-order valence-electron chi connectivity index (χ2n) is 4.99. The molecule has 2 amide bonds. The number of piperidine rings is 1. The van der Waals surface area contributed by atoms with Crippen LogP contribution in [-0.4, -0.2) is 54.7 Å². The Labute approximate surface area is 114 Å². The topological polar surface area (TPSA) is 81.7 Å². The standard InChI is InChI=1S/C13H25N3O3/c1-2-14-6-4-7-15-13(19)16-8-3-5-11(10-16)9-12(17)18/h11,14H,2-10H2,1H3,(H,15,19)(H,17,18). The fraction of sp³-hybridized carbons (Fsp3) is 0.846. The molecule has 0 radical (unpaired) electrons. The lowest BCUT2D eigenvalue weighted by Crippen LogP contribution is -2.46. The molecular formula is C13H25N3O3. The number of hydrogen-bond acceptors (Lipinski definition) is 3. The number of hydrogen-bond donors (Lipinski definition) is 3. The van der Waals surface area contributed by atoms with Crippen LogP contribution in [0.15, 0.2) is 0 Å². The summed E-state index contributed by atoms with van der Waals surface area (Å²) in [7, 11) is 0. The van der Waals surface area contributed by atoms with Gasteiger partial charge < -0.3 is 20.6 Å². The highest BCUT2D eigenvalue weighted by molar-refractivity contribution is 5.74. The smallest absolute Gasteiger partial charge is 0.317 e. The number of carboxylic acids is 1. The van der Waals surface area contributed by atoms with Crippen molar-refractivity contribution < 1.29 is 14.7 Å². The second-order valence-corrected chi connectivity index (χ2v) is 4.99. The molecule has 3 N–H and O–H groups in total. The molecular weight excluding hydrogens is 246 g/mol. The van der Waals surface area contributed by atoms with E-state index in [-0.39, 0.29) is 18.4 Å². The van der Waals surface area contributed by atoms with Crippen LogP contribution in [0.25, 0.3) is 0 Å². The molecule has 0 saturated carbocycles. The Morgan fingerprint density at radius 3 is 2.84 bits per heavy atom. The predicted octanol–water partition coefficient (Wildman–Crippen LogP) is 0.882. The van der Waals surface area contributed by atoms with Crippen LogP contribution in [0, 0.1) is 5.92 Å². The lowest BCUT2D eigenvalue weighted by Gasteiger charge is -2.32. The van der Waals surface area contributed by atoms with Gasteiger partial charge in [-0.3, -0.25) is 4.79 Å². The molecule has 0 bridgehead atoms. The van der Waals surface area contributed by atoms with Gasteiger partial charge in [0.1, 0.15) is 0 Å². The summed E-state index contributed by atoms with van der Waals surface area (Å²) in [6.45, 7) is 5.84. The molecule has 0 aromatic heterocycles. The van der Waals surface area contributed by atoms with Crippen LogP contribution in [0.1, 0.15) is 32.6 Å². The first-order chi connectivity index (χ1) is 9.13. The minimum Gasteiger partial charge on any atom is -0.481 e. The highest BCUT2D eigenvalue weighted by atomic mass is 16.4. The molecule has 0 aliphatic carbocycles. The van der Waals surface area contributed by atoms with Gasteiger partial charge >= 0.3 is 12.0 Å². The van der Waals surface area contributed by atoms with E-state index in [1.807, 2.05) is 0 Å². The van der Waals surface area contributed by atoms with Gasteiger partial charge in [0, 0.05) is 26.1 Å². The van der Waals surface area contributed by atoms with E-state index in [0.717, 1.165) is 38.9 Å². The Morgan fingerprint density at radius 1 is 1.37 bits per heavy atom. The summed E-state index contributed by atoms with van der Waals surface area (Å²) in [5, 5.41) is 14.9. The third-order valence-electron chi connectivity index (χ3n) is 3.33. The zero-order valence-corrected chi connectivity index (χ0v) is 11.7. The summed E-state index contributed by atoms with van der Waals surface area (Å²) in [6.07, 6.45) is 2.86. The van der Waals surface area contributed by atoms with E-state index < -0.39 is 5.97 Å². The lowest BCUT2D eigenvalue weighted by molar-refractivity contribution is -0.138. The number of rotatable bonds is 7. The number of nitrogens with one attached hydrogen (secondary N) is 2. The third-order valence-corrected chi connectivity index (χ3v) is 3.33. The maximum absolute atomic E-state index is 11.9. The van der Waals surface area contributed by atoms with Crippen molar-refractivity contribution in [1.29, 1.82) is 0 Å². The molecule has 0 aromatic rings. The predicted molar refractivity (Wildman–Crippen MR) is 73.1 cm³/mol. The number of likely N-dealkylation sites (tertiary alicyclic amines) is 1. The average Bonchev–Trinajstić information content (AvgIpc) is 2.38. The second kappa shape index (κ2) is 8.74. The van der Waals surface area contributed by atoms with Gasteiger partial charge in [0.15, 0.2) is 0 Å². The first kappa shape index (κ1) is 15.8. The first-order valence-electron chi connectivity index (χ1n) is 7.08. The molecule has 6 nitrogen and oxygen atoms in total. The molecule has 1 atom stereocenters. The monoisotopic (exact) mass is 271 g/mol. The Hall–Kier alpha value is -1.30. The van der Waals surface area contributed by atoms with E-state index in [9.17, 15) is 9.59 Å². The van der Waals surface area contributed by atoms with E-state index in [4.69, 9.17) is 5.11 Å². The van der Waals surface area contributed by atoms with Crippen LogP contribution in [0.2, 0.25) is 0 Å². The molecule has 1 aliphatic heterocycles. The van der Waals surface area contributed by atoms with Crippen molar-refractivity contribution in [3.8, 4) is 0 Å².